The van der Waals surface area contributed by atoms with Gasteiger partial charge in [0, 0.05) is 17.3 Å². The molecule has 4 aromatic rings. The SMILES string of the molecule is Cc1cc2[nH]ncc2cc1Nc1nc(=O)c(F)cn1Cc1cc(F)c(F)c(F)c1. The molecule has 0 aliphatic rings. The number of hydrogen-bond acceptors (Lipinski definition) is 4. The van der Waals surface area contributed by atoms with Crippen LogP contribution in [0.4, 0.5) is 29.2 Å². The van der Waals surface area contributed by atoms with Crippen molar-refractivity contribution in [2.75, 3.05) is 5.32 Å². The Morgan fingerprint density at radius 3 is 2.52 bits per heavy atom. The van der Waals surface area contributed by atoms with Crippen LogP contribution in [0.1, 0.15) is 11.1 Å². The Balaban J connectivity index is 1.76. The molecule has 0 fully saturated rings. The molecule has 2 aromatic heterocycles. The van der Waals surface area contributed by atoms with E-state index in [0.717, 1.165) is 34.8 Å². The molecule has 0 amide bonds. The van der Waals surface area contributed by atoms with E-state index in [1.54, 1.807) is 19.2 Å². The van der Waals surface area contributed by atoms with Gasteiger partial charge in [-0.2, -0.15) is 14.5 Å². The van der Waals surface area contributed by atoms with Crippen molar-refractivity contribution in [1.29, 1.82) is 0 Å². The van der Waals surface area contributed by atoms with Crippen LogP contribution in [0.3, 0.4) is 0 Å². The van der Waals surface area contributed by atoms with Crippen LogP contribution in [0.25, 0.3) is 10.9 Å². The minimum atomic E-state index is -1.60. The van der Waals surface area contributed by atoms with E-state index in [2.05, 4.69) is 20.5 Å². The van der Waals surface area contributed by atoms with Crippen LogP contribution in [0, 0.1) is 30.2 Å². The van der Waals surface area contributed by atoms with Crippen LogP contribution in [0.2, 0.25) is 0 Å². The molecule has 4 rings (SSSR count). The van der Waals surface area contributed by atoms with Gasteiger partial charge in [-0.25, -0.2) is 13.2 Å². The summed E-state index contributed by atoms with van der Waals surface area (Å²) in [4.78, 5) is 15.4. The number of aryl methyl sites for hydroxylation is 1. The Labute approximate surface area is 160 Å². The summed E-state index contributed by atoms with van der Waals surface area (Å²) in [6.07, 6.45) is 2.47. The third-order valence-corrected chi connectivity index (χ3v) is 4.38. The van der Waals surface area contributed by atoms with Gasteiger partial charge in [0.2, 0.25) is 11.8 Å². The molecule has 0 aliphatic heterocycles. The van der Waals surface area contributed by atoms with Crippen LogP contribution < -0.4 is 10.9 Å². The van der Waals surface area contributed by atoms with Gasteiger partial charge in [0.25, 0.3) is 0 Å². The summed E-state index contributed by atoms with van der Waals surface area (Å²) in [5.74, 6) is -5.52. The zero-order valence-electron chi connectivity index (χ0n) is 14.9. The number of fused-ring (bicyclic) bond motifs is 1. The first-order chi connectivity index (χ1) is 13.8. The van der Waals surface area contributed by atoms with Crippen molar-refractivity contribution in [3.05, 3.63) is 81.4 Å². The third kappa shape index (κ3) is 3.56. The smallest absolute Gasteiger partial charge is 0.310 e. The number of hydrogen-bond donors (Lipinski definition) is 2. The predicted molar refractivity (Wildman–Crippen MR) is 98.0 cm³/mol. The van der Waals surface area contributed by atoms with E-state index in [1.807, 2.05) is 6.07 Å². The lowest BCUT2D eigenvalue weighted by atomic mass is 10.1. The summed E-state index contributed by atoms with van der Waals surface area (Å²) in [6.45, 7) is 1.55. The van der Waals surface area contributed by atoms with Crippen LogP contribution in [-0.4, -0.2) is 19.7 Å². The minimum Gasteiger partial charge on any atom is -0.325 e. The molecular formula is C19H13F4N5O. The van der Waals surface area contributed by atoms with Gasteiger partial charge in [0.05, 0.1) is 18.3 Å². The third-order valence-electron chi connectivity index (χ3n) is 4.38. The van der Waals surface area contributed by atoms with Crippen LogP contribution >= 0.6 is 0 Å². The van der Waals surface area contributed by atoms with E-state index >= 15 is 0 Å². The van der Waals surface area contributed by atoms with Crippen LogP contribution in [0.15, 0.2) is 41.5 Å². The van der Waals surface area contributed by atoms with E-state index in [9.17, 15) is 22.4 Å². The summed E-state index contributed by atoms with van der Waals surface area (Å²) in [6, 6.07) is 5.16. The lowest BCUT2D eigenvalue weighted by molar-refractivity contribution is 0.444. The number of aromatic nitrogens is 4. The normalized spacial score (nSPS) is 11.2. The maximum Gasteiger partial charge on any atom is 0.310 e. The van der Waals surface area contributed by atoms with Crippen molar-refractivity contribution in [2.24, 2.45) is 0 Å². The molecule has 0 unspecified atom stereocenters. The largest absolute Gasteiger partial charge is 0.325 e. The standard InChI is InChI=1S/C19H13F4N5O/c1-9-2-16-11(6-24-27-16)5-15(9)25-19-26-18(29)14(22)8-28(19)7-10-3-12(20)17(23)13(21)4-10/h2-6,8H,7H2,1H3,(H,24,27)(H,25,26,29). The van der Waals surface area contributed by atoms with Crippen molar-refractivity contribution < 1.29 is 17.6 Å². The molecule has 10 heteroatoms. The highest BCUT2D eigenvalue weighted by atomic mass is 19.2. The van der Waals surface area contributed by atoms with E-state index in [-0.39, 0.29) is 18.1 Å². The Morgan fingerprint density at radius 2 is 1.79 bits per heavy atom. The van der Waals surface area contributed by atoms with Gasteiger partial charge in [0.1, 0.15) is 0 Å². The molecule has 2 N–H and O–H groups in total. The second kappa shape index (κ2) is 7.04. The fourth-order valence-electron chi connectivity index (χ4n) is 2.94. The molecule has 29 heavy (non-hydrogen) atoms. The van der Waals surface area contributed by atoms with Gasteiger partial charge in [-0.1, -0.05) is 0 Å². The van der Waals surface area contributed by atoms with Gasteiger partial charge in [-0.05, 0) is 42.3 Å². The molecule has 2 aromatic carbocycles. The second-order valence-corrected chi connectivity index (χ2v) is 6.47. The van der Waals surface area contributed by atoms with Crippen molar-refractivity contribution in [1.82, 2.24) is 19.7 Å². The van der Waals surface area contributed by atoms with Gasteiger partial charge in [-0.15, -0.1) is 0 Å². The Bertz CT molecular complexity index is 1270. The van der Waals surface area contributed by atoms with Crippen molar-refractivity contribution >= 4 is 22.5 Å². The Morgan fingerprint density at radius 1 is 1.07 bits per heavy atom. The molecular weight excluding hydrogens is 390 g/mol. The average molecular weight is 403 g/mol. The van der Waals surface area contributed by atoms with Gasteiger partial charge in [0.15, 0.2) is 17.5 Å². The first-order valence-corrected chi connectivity index (χ1v) is 8.43. The van der Waals surface area contributed by atoms with Crippen molar-refractivity contribution in [2.45, 2.75) is 13.5 Å². The summed E-state index contributed by atoms with van der Waals surface area (Å²) in [5, 5.41) is 10.5. The molecule has 0 saturated carbocycles. The summed E-state index contributed by atoms with van der Waals surface area (Å²) >= 11 is 0. The predicted octanol–water partition coefficient (Wildman–Crippen LogP) is 3.78. The number of rotatable bonds is 4. The molecule has 6 nitrogen and oxygen atoms in total. The maximum atomic E-state index is 13.8. The fraction of sp³-hybridized carbons (Fsp3) is 0.105. The number of H-pyrrole nitrogens is 1. The molecule has 148 valence electrons. The summed E-state index contributed by atoms with van der Waals surface area (Å²) < 4.78 is 55.2. The number of halogens is 4. The number of nitrogens with one attached hydrogen (secondary N) is 2. The van der Waals surface area contributed by atoms with E-state index in [4.69, 9.17) is 0 Å². The minimum absolute atomic E-state index is 0.0244. The second-order valence-electron chi connectivity index (χ2n) is 6.47. The fourth-order valence-corrected chi connectivity index (χ4v) is 2.94. The van der Waals surface area contributed by atoms with Gasteiger partial charge < -0.3 is 9.88 Å². The average Bonchev–Trinajstić information content (AvgIpc) is 3.11. The molecule has 2 heterocycles. The topological polar surface area (TPSA) is 75.6 Å². The zero-order chi connectivity index (χ0) is 20.7. The Hall–Kier alpha value is -3.69. The monoisotopic (exact) mass is 403 g/mol. The summed E-state index contributed by atoms with van der Waals surface area (Å²) in [5.41, 5.74) is 1.08. The lowest BCUT2D eigenvalue weighted by Crippen LogP contribution is -2.20. The highest BCUT2D eigenvalue weighted by Gasteiger charge is 2.14. The zero-order valence-corrected chi connectivity index (χ0v) is 14.9. The molecule has 0 atom stereocenters. The van der Waals surface area contributed by atoms with Crippen LogP contribution in [-0.2, 0) is 6.54 Å². The number of anilines is 2. The number of benzene rings is 2. The molecule has 0 aliphatic carbocycles. The van der Waals surface area contributed by atoms with E-state index < -0.39 is 28.8 Å². The lowest BCUT2D eigenvalue weighted by Gasteiger charge is -2.16. The van der Waals surface area contributed by atoms with Crippen molar-refractivity contribution in [3.63, 3.8) is 0 Å². The summed E-state index contributed by atoms with van der Waals surface area (Å²) in [7, 11) is 0. The number of aromatic amines is 1. The quantitative estimate of drug-likeness (QED) is 0.402. The molecule has 0 spiro atoms. The molecule has 0 radical (unpaired) electrons. The van der Waals surface area contributed by atoms with E-state index in [0.29, 0.717) is 5.69 Å². The maximum absolute atomic E-state index is 13.8. The van der Waals surface area contributed by atoms with Crippen molar-refractivity contribution in [3.8, 4) is 0 Å². The first kappa shape index (κ1) is 18.7. The molecule has 0 saturated heterocycles. The molecule has 0 bridgehead atoms. The first-order valence-electron chi connectivity index (χ1n) is 8.43. The van der Waals surface area contributed by atoms with Crippen LogP contribution in [0.5, 0.6) is 0 Å². The Kier molecular flexibility index (Phi) is 4.53. The van der Waals surface area contributed by atoms with Gasteiger partial charge in [-0.3, -0.25) is 9.89 Å². The highest BCUT2D eigenvalue weighted by molar-refractivity contribution is 5.84. The highest BCUT2D eigenvalue weighted by Crippen LogP contribution is 2.25. The van der Waals surface area contributed by atoms with E-state index in [1.165, 1.54) is 4.57 Å². The van der Waals surface area contributed by atoms with Gasteiger partial charge >= 0.3 is 5.56 Å². The number of nitrogens with zero attached hydrogens (tertiary/aromatic N) is 3.